The third-order valence-corrected chi connectivity index (χ3v) is 2.59. The second-order valence-corrected chi connectivity index (χ2v) is 4.27. The van der Waals surface area contributed by atoms with Gasteiger partial charge in [0.2, 0.25) is 0 Å². The van der Waals surface area contributed by atoms with Crippen LogP contribution in [0.1, 0.15) is 19.5 Å². The first-order valence-corrected chi connectivity index (χ1v) is 5.86. The molecule has 0 fully saturated rings. The summed E-state index contributed by atoms with van der Waals surface area (Å²) in [5, 5.41) is 3.20. The van der Waals surface area contributed by atoms with Crippen LogP contribution in [-0.2, 0) is 16.0 Å². The number of esters is 1. The zero-order chi connectivity index (χ0) is 12.7. The lowest BCUT2D eigenvalue weighted by Crippen LogP contribution is -2.42. The summed E-state index contributed by atoms with van der Waals surface area (Å²) in [6.45, 7) is 4.71. The molecule has 4 nitrogen and oxygen atoms in total. The van der Waals surface area contributed by atoms with Crippen LogP contribution in [0.2, 0.25) is 0 Å². The second-order valence-electron chi connectivity index (χ2n) is 4.27. The van der Waals surface area contributed by atoms with Gasteiger partial charge in [-0.15, -0.1) is 0 Å². The molecule has 1 heterocycles. The summed E-state index contributed by atoms with van der Waals surface area (Å²) in [6.07, 6.45) is 2.58. The maximum Gasteiger partial charge on any atom is 0.323 e. The van der Waals surface area contributed by atoms with Crippen LogP contribution in [0.3, 0.4) is 0 Å². The number of ether oxygens (including phenoxy) is 1. The number of pyridine rings is 1. The van der Waals surface area contributed by atoms with Gasteiger partial charge >= 0.3 is 5.97 Å². The Morgan fingerprint density at radius 3 is 2.76 bits per heavy atom. The topological polar surface area (TPSA) is 51.2 Å². The molecule has 1 atom stereocenters. The van der Waals surface area contributed by atoms with Crippen molar-refractivity contribution >= 4 is 5.97 Å². The highest BCUT2D eigenvalue weighted by Crippen LogP contribution is 2.03. The Balaban J connectivity index is 2.40. The molecule has 0 aromatic carbocycles. The molecule has 0 radical (unpaired) electrons. The van der Waals surface area contributed by atoms with Gasteiger partial charge in [-0.25, -0.2) is 0 Å². The standard InChI is InChI=1S/C13H20N2O2/c1-10(2)12(13(16)17-3)15-9-7-11-6-4-5-8-14-11/h4-6,8,10,12,15H,7,9H2,1-3H3. The summed E-state index contributed by atoms with van der Waals surface area (Å²) < 4.78 is 4.76. The second kappa shape index (κ2) is 7.01. The summed E-state index contributed by atoms with van der Waals surface area (Å²) in [5.41, 5.74) is 1.02. The van der Waals surface area contributed by atoms with E-state index in [4.69, 9.17) is 4.74 Å². The van der Waals surface area contributed by atoms with E-state index in [-0.39, 0.29) is 17.9 Å². The fourth-order valence-electron chi connectivity index (χ4n) is 1.62. The fraction of sp³-hybridized carbons (Fsp3) is 0.538. The van der Waals surface area contributed by atoms with Gasteiger partial charge in [-0.3, -0.25) is 9.78 Å². The highest BCUT2D eigenvalue weighted by Gasteiger charge is 2.21. The highest BCUT2D eigenvalue weighted by molar-refractivity contribution is 5.75. The Hall–Kier alpha value is -1.42. The van der Waals surface area contributed by atoms with Crippen molar-refractivity contribution in [2.24, 2.45) is 5.92 Å². The van der Waals surface area contributed by atoms with Crippen LogP contribution in [0, 0.1) is 5.92 Å². The van der Waals surface area contributed by atoms with Crippen LogP contribution in [0.25, 0.3) is 0 Å². The quantitative estimate of drug-likeness (QED) is 0.759. The van der Waals surface area contributed by atoms with Crippen molar-refractivity contribution in [2.45, 2.75) is 26.3 Å². The van der Waals surface area contributed by atoms with E-state index in [9.17, 15) is 4.79 Å². The average Bonchev–Trinajstić information content (AvgIpc) is 2.34. The van der Waals surface area contributed by atoms with Gasteiger partial charge in [-0.2, -0.15) is 0 Å². The Bertz CT molecular complexity index is 339. The number of methoxy groups -OCH3 is 1. The molecule has 1 aromatic heterocycles. The molecule has 0 aliphatic rings. The maximum atomic E-state index is 11.5. The van der Waals surface area contributed by atoms with Crippen molar-refractivity contribution in [1.82, 2.24) is 10.3 Å². The van der Waals surface area contributed by atoms with E-state index in [1.54, 1.807) is 6.20 Å². The zero-order valence-electron chi connectivity index (χ0n) is 10.6. The third kappa shape index (κ3) is 4.53. The van der Waals surface area contributed by atoms with Gasteiger partial charge in [0.25, 0.3) is 0 Å². The molecule has 1 N–H and O–H groups in total. The van der Waals surface area contributed by atoms with Crippen LogP contribution >= 0.6 is 0 Å². The molecule has 0 aliphatic heterocycles. The minimum Gasteiger partial charge on any atom is -0.468 e. The van der Waals surface area contributed by atoms with E-state index < -0.39 is 0 Å². The summed E-state index contributed by atoms with van der Waals surface area (Å²) >= 11 is 0. The van der Waals surface area contributed by atoms with Gasteiger partial charge in [0, 0.05) is 24.9 Å². The van der Waals surface area contributed by atoms with Crippen molar-refractivity contribution in [3.63, 3.8) is 0 Å². The van der Waals surface area contributed by atoms with E-state index in [2.05, 4.69) is 10.3 Å². The Morgan fingerprint density at radius 2 is 2.24 bits per heavy atom. The number of carbonyl (C=O) groups excluding carboxylic acids is 1. The van der Waals surface area contributed by atoms with Gasteiger partial charge in [0.1, 0.15) is 6.04 Å². The molecular formula is C13H20N2O2. The van der Waals surface area contributed by atoms with Crippen LogP contribution in [-0.4, -0.2) is 30.6 Å². The number of nitrogens with one attached hydrogen (secondary N) is 1. The number of hydrogen-bond acceptors (Lipinski definition) is 4. The lowest BCUT2D eigenvalue weighted by molar-refractivity contribution is -0.144. The minimum absolute atomic E-state index is 0.207. The van der Waals surface area contributed by atoms with Gasteiger partial charge in [-0.05, 0) is 18.1 Å². The molecule has 1 aromatic rings. The third-order valence-electron chi connectivity index (χ3n) is 2.59. The molecule has 94 valence electrons. The molecule has 1 unspecified atom stereocenters. The van der Waals surface area contributed by atoms with Crippen LogP contribution in [0.5, 0.6) is 0 Å². The van der Waals surface area contributed by atoms with E-state index in [0.717, 1.165) is 18.7 Å². The first-order valence-electron chi connectivity index (χ1n) is 5.86. The number of nitrogens with zero attached hydrogens (tertiary/aromatic N) is 1. The maximum absolute atomic E-state index is 11.5. The Morgan fingerprint density at radius 1 is 1.47 bits per heavy atom. The summed E-state index contributed by atoms with van der Waals surface area (Å²) in [6, 6.07) is 5.58. The van der Waals surface area contributed by atoms with Crippen molar-refractivity contribution in [3.05, 3.63) is 30.1 Å². The first kappa shape index (κ1) is 13.6. The molecule has 0 saturated heterocycles. The lowest BCUT2D eigenvalue weighted by atomic mass is 10.0. The predicted molar refractivity (Wildman–Crippen MR) is 66.6 cm³/mol. The van der Waals surface area contributed by atoms with Gasteiger partial charge in [0.05, 0.1) is 7.11 Å². The molecule has 17 heavy (non-hydrogen) atoms. The Labute approximate surface area is 102 Å². The molecule has 0 saturated carbocycles. The normalized spacial score (nSPS) is 12.5. The number of carbonyl (C=O) groups is 1. The Kier molecular flexibility index (Phi) is 5.63. The molecule has 4 heteroatoms. The summed E-state index contributed by atoms with van der Waals surface area (Å²) in [7, 11) is 1.41. The van der Waals surface area contributed by atoms with Crippen molar-refractivity contribution in [3.8, 4) is 0 Å². The zero-order valence-corrected chi connectivity index (χ0v) is 10.6. The molecule has 0 bridgehead atoms. The van der Waals surface area contributed by atoms with Gasteiger partial charge in [0.15, 0.2) is 0 Å². The monoisotopic (exact) mass is 236 g/mol. The highest BCUT2D eigenvalue weighted by atomic mass is 16.5. The van der Waals surface area contributed by atoms with Crippen molar-refractivity contribution < 1.29 is 9.53 Å². The minimum atomic E-state index is -0.247. The smallest absolute Gasteiger partial charge is 0.323 e. The summed E-state index contributed by atoms with van der Waals surface area (Å²) in [5.74, 6) is 0.00667. The predicted octanol–water partition coefficient (Wildman–Crippen LogP) is 1.41. The summed E-state index contributed by atoms with van der Waals surface area (Å²) in [4.78, 5) is 15.7. The molecule has 1 rings (SSSR count). The van der Waals surface area contributed by atoms with Gasteiger partial charge < -0.3 is 10.1 Å². The molecular weight excluding hydrogens is 216 g/mol. The number of rotatable bonds is 6. The van der Waals surface area contributed by atoms with Gasteiger partial charge in [-0.1, -0.05) is 19.9 Å². The molecule has 0 spiro atoms. The van der Waals surface area contributed by atoms with Crippen LogP contribution in [0.4, 0.5) is 0 Å². The SMILES string of the molecule is COC(=O)C(NCCc1ccccn1)C(C)C. The first-order chi connectivity index (χ1) is 8.15. The largest absolute Gasteiger partial charge is 0.468 e. The van der Waals surface area contributed by atoms with E-state index in [0.29, 0.717) is 0 Å². The molecule has 0 amide bonds. The average molecular weight is 236 g/mol. The van der Waals surface area contributed by atoms with E-state index in [1.807, 2.05) is 32.0 Å². The lowest BCUT2D eigenvalue weighted by Gasteiger charge is -2.19. The van der Waals surface area contributed by atoms with Crippen LogP contribution < -0.4 is 5.32 Å². The van der Waals surface area contributed by atoms with Crippen molar-refractivity contribution in [1.29, 1.82) is 0 Å². The number of aromatic nitrogens is 1. The van der Waals surface area contributed by atoms with Crippen molar-refractivity contribution in [2.75, 3.05) is 13.7 Å². The fourth-order valence-corrected chi connectivity index (χ4v) is 1.62. The van der Waals surface area contributed by atoms with Crippen LogP contribution in [0.15, 0.2) is 24.4 Å². The number of hydrogen-bond donors (Lipinski definition) is 1. The van der Waals surface area contributed by atoms with E-state index >= 15 is 0 Å². The molecule has 0 aliphatic carbocycles. The van der Waals surface area contributed by atoms with E-state index in [1.165, 1.54) is 7.11 Å².